The van der Waals surface area contributed by atoms with Crippen LogP contribution in [0.15, 0.2) is 84.9 Å². The Kier molecular flexibility index (Phi) is 15.7. The molecule has 0 N–H and O–H groups in total. The summed E-state index contributed by atoms with van der Waals surface area (Å²) in [5.41, 5.74) is 15.3. The molecule has 0 aromatic heterocycles. The van der Waals surface area contributed by atoms with Gasteiger partial charge in [-0.3, -0.25) is 0 Å². The zero-order valence-corrected chi connectivity index (χ0v) is 37.5. The van der Waals surface area contributed by atoms with Gasteiger partial charge in [0.05, 0.1) is 12.1 Å². The monoisotopic (exact) mass is 820 g/mol. The van der Waals surface area contributed by atoms with E-state index in [1.807, 2.05) is 0 Å². The molecule has 1 aliphatic heterocycles. The number of rotatable bonds is 8. The molecule has 1 saturated heterocycles. The quantitative estimate of drug-likeness (QED) is 0.129. The van der Waals surface area contributed by atoms with Gasteiger partial charge in [-0.15, -0.1) is 0 Å². The second-order valence-corrected chi connectivity index (χ2v) is 18.5. The van der Waals surface area contributed by atoms with Crippen LogP contribution in [-0.2, 0) is 16.5 Å². The molecule has 0 amide bonds. The third-order valence-corrected chi connectivity index (χ3v) is 14.9. The SMILES string of the molecule is Cc1cc(C2CCCCC2)cc(C2CCCCC2)c1N1[CH-]N(c2c(C)cc(C3CCCCC3)cc2C2CCCCC2)[C@H](c2ccccc2)[C@H]1c1ccccc1.[CH3-].[CH3-].[Ni+3]. The molecule has 313 valence electrons. The van der Waals surface area contributed by atoms with Gasteiger partial charge in [-0.1, -0.05) is 162 Å². The van der Waals surface area contributed by atoms with Crippen molar-refractivity contribution in [1.29, 1.82) is 0 Å². The minimum atomic E-state index is 0. The third kappa shape index (κ3) is 9.16. The fourth-order valence-electron chi connectivity index (χ4n) is 12.1. The van der Waals surface area contributed by atoms with Crippen LogP contribution >= 0.6 is 0 Å². The third-order valence-electron chi connectivity index (χ3n) is 14.9. The maximum absolute atomic E-state index is 2.80. The number of aryl methyl sites for hydroxylation is 2. The molecule has 3 heteroatoms. The van der Waals surface area contributed by atoms with Gasteiger partial charge in [0.15, 0.2) is 0 Å². The van der Waals surface area contributed by atoms with Crippen LogP contribution in [0, 0.1) is 35.4 Å². The van der Waals surface area contributed by atoms with Gasteiger partial charge in [-0.2, -0.15) is 6.67 Å². The van der Waals surface area contributed by atoms with Crippen LogP contribution in [0.4, 0.5) is 11.4 Å². The van der Waals surface area contributed by atoms with E-state index in [0.29, 0.717) is 23.7 Å². The second kappa shape index (κ2) is 20.5. The Morgan fingerprint density at radius 1 is 0.397 bits per heavy atom. The Labute approximate surface area is 364 Å². The molecule has 2 nitrogen and oxygen atoms in total. The van der Waals surface area contributed by atoms with Gasteiger partial charge < -0.3 is 24.7 Å². The first-order chi connectivity index (χ1) is 27.1. The molecule has 2 atom stereocenters. The molecule has 0 spiro atoms. The zero-order valence-electron chi connectivity index (χ0n) is 36.5. The molecule has 0 bridgehead atoms. The molecule has 4 aromatic rings. The van der Waals surface area contributed by atoms with Gasteiger partial charge in [-0.05, 0) is 133 Å². The van der Waals surface area contributed by atoms with Crippen molar-refractivity contribution in [2.45, 2.75) is 178 Å². The normalized spacial score (nSPS) is 22.5. The van der Waals surface area contributed by atoms with Crippen molar-refractivity contribution in [3.05, 3.63) is 151 Å². The predicted octanol–water partition coefficient (Wildman–Crippen LogP) is 16.3. The van der Waals surface area contributed by atoms with E-state index in [-0.39, 0.29) is 43.4 Å². The van der Waals surface area contributed by atoms with Gasteiger partial charge in [-0.25, -0.2) is 0 Å². The molecule has 4 aliphatic carbocycles. The van der Waals surface area contributed by atoms with E-state index < -0.39 is 0 Å². The predicted molar refractivity (Wildman–Crippen MR) is 246 cm³/mol. The van der Waals surface area contributed by atoms with Crippen LogP contribution < -0.4 is 9.80 Å². The number of benzene rings is 4. The summed E-state index contributed by atoms with van der Waals surface area (Å²) in [6, 6.07) is 34.2. The van der Waals surface area contributed by atoms with Gasteiger partial charge in [0, 0.05) is 11.4 Å². The van der Waals surface area contributed by atoms with Crippen molar-refractivity contribution < 1.29 is 16.5 Å². The molecule has 5 fully saturated rings. The fraction of sp³-hybridized carbons (Fsp3) is 0.509. The van der Waals surface area contributed by atoms with E-state index in [9.17, 15) is 0 Å². The van der Waals surface area contributed by atoms with Crippen molar-refractivity contribution in [2.24, 2.45) is 0 Å². The Morgan fingerprint density at radius 2 is 0.707 bits per heavy atom. The number of anilines is 2. The van der Waals surface area contributed by atoms with Crippen LogP contribution in [0.25, 0.3) is 0 Å². The van der Waals surface area contributed by atoms with Crippen molar-refractivity contribution in [3.8, 4) is 0 Å². The molecule has 58 heavy (non-hydrogen) atoms. The summed E-state index contributed by atoms with van der Waals surface area (Å²) in [6.07, 6.45) is 27.3. The Balaban J connectivity index is 0.00000189. The summed E-state index contributed by atoms with van der Waals surface area (Å²) in [5, 5.41) is 0. The average molecular weight is 821 g/mol. The van der Waals surface area contributed by atoms with Crippen LogP contribution in [0.1, 0.15) is 209 Å². The minimum Gasteiger partial charge on any atom is -0.495 e. The van der Waals surface area contributed by atoms with E-state index >= 15 is 0 Å². The first kappa shape index (κ1) is 44.5. The van der Waals surface area contributed by atoms with E-state index in [0.717, 1.165) is 0 Å². The minimum absolute atomic E-state index is 0. The van der Waals surface area contributed by atoms with Crippen molar-refractivity contribution in [3.63, 3.8) is 0 Å². The Hall–Kier alpha value is -3.03. The summed E-state index contributed by atoms with van der Waals surface area (Å²) in [5.74, 6) is 2.70. The number of hydrogen-bond donors (Lipinski definition) is 0. The van der Waals surface area contributed by atoms with Crippen molar-refractivity contribution in [2.75, 3.05) is 9.80 Å². The molecule has 1 radical (unpaired) electrons. The van der Waals surface area contributed by atoms with Gasteiger partial charge in [0.25, 0.3) is 0 Å². The number of nitrogens with zero attached hydrogens (tertiary/aromatic N) is 2. The molecule has 9 rings (SSSR count). The first-order valence-corrected chi connectivity index (χ1v) is 22.9. The van der Waals surface area contributed by atoms with Crippen molar-refractivity contribution >= 4 is 11.4 Å². The summed E-state index contributed by atoms with van der Waals surface area (Å²) in [4.78, 5) is 5.60. The molecule has 1 heterocycles. The van der Waals surface area contributed by atoms with Gasteiger partial charge in [0.2, 0.25) is 0 Å². The van der Waals surface area contributed by atoms with Crippen LogP contribution in [0.3, 0.4) is 0 Å². The van der Waals surface area contributed by atoms with Crippen LogP contribution in [0.5, 0.6) is 0 Å². The standard InChI is InChI=1S/C53H67N2.2CH3.Ni/c1-38-33-46(40-21-9-3-10-22-40)35-48(42-25-13-5-14-26-42)50(38)54-37-55(53(45-31-19-8-20-32-45)52(54)44-29-17-7-18-30-44)51-39(2)34-47(41-23-11-4-12-24-41)36-49(51)43-27-15-6-16-28-43;;;/h7-8,17-20,29-37,40-43,52-53H,3-6,9-16,21-28H2,1-2H3;2*1H3;/q3*-1;+3/t52-,53-;;;/m1.../s1. The van der Waals surface area contributed by atoms with Crippen molar-refractivity contribution in [1.82, 2.24) is 0 Å². The zero-order chi connectivity index (χ0) is 37.1. The van der Waals surface area contributed by atoms with E-state index in [2.05, 4.69) is 115 Å². The van der Waals surface area contributed by atoms with E-state index in [1.54, 1.807) is 22.3 Å². The topological polar surface area (TPSA) is 6.48 Å². The average Bonchev–Trinajstić information content (AvgIpc) is 3.64. The van der Waals surface area contributed by atoms with Gasteiger partial charge >= 0.3 is 16.5 Å². The summed E-state index contributed by atoms with van der Waals surface area (Å²) in [7, 11) is 0. The smallest absolute Gasteiger partial charge is 0.495 e. The molecule has 5 aliphatic rings. The van der Waals surface area contributed by atoms with Crippen LogP contribution in [-0.4, -0.2) is 0 Å². The molecule has 4 saturated carbocycles. The fourth-order valence-corrected chi connectivity index (χ4v) is 12.1. The maximum Gasteiger partial charge on any atom is 3.00 e. The molecular formula is C55H73N2Ni. The van der Waals surface area contributed by atoms with E-state index in [4.69, 9.17) is 0 Å². The Bertz CT molecular complexity index is 1720. The summed E-state index contributed by atoms with van der Waals surface area (Å²) < 4.78 is 0. The van der Waals surface area contributed by atoms with Gasteiger partial charge in [0.1, 0.15) is 0 Å². The first-order valence-electron chi connectivity index (χ1n) is 22.9. The van der Waals surface area contributed by atoms with E-state index in [1.165, 1.54) is 162 Å². The largest absolute Gasteiger partial charge is 3.00 e. The number of hydrogen-bond acceptors (Lipinski definition) is 2. The Morgan fingerprint density at radius 3 is 1.03 bits per heavy atom. The second-order valence-electron chi connectivity index (χ2n) is 18.5. The molecular weight excluding hydrogens is 747 g/mol. The van der Waals surface area contributed by atoms with Crippen LogP contribution in [0.2, 0.25) is 0 Å². The summed E-state index contributed by atoms with van der Waals surface area (Å²) >= 11 is 0. The molecule has 4 aromatic carbocycles. The maximum atomic E-state index is 2.80. The summed E-state index contributed by atoms with van der Waals surface area (Å²) in [6.45, 7) is 7.54. The molecule has 0 unspecified atom stereocenters.